The summed E-state index contributed by atoms with van der Waals surface area (Å²) in [6.07, 6.45) is 12.3. The Morgan fingerprint density at radius 3 is 2.38 bits per heavy atom. The molecule has 3 fully saturated rings. The summed E-state index contributed by atoms with van der Waals surface area (Å²) in [4.78, 5) is 32.5. The minimum Gasteiger partial charge on any atom is -0.423 e. The van der Waals surface area contributed by atoms with Crippen molar-refractivity contribution in [1.29, 1.82) is 0 Å². The maximum atomic E-state index is 13.2. The van der Waals surface area contributed by atoms with E-state index in [-0.39, 0.29) is 29.2 Å². The first-order valence-electron chi connectivity index (χ1n) is 13.2. The summed E-state index contributed by atoms with van der Waals surface area (Å²) >= 11 is 0. The van der Waals surface area contributed by atoms with Gasteiger partial charge in [-0.2, -0.15) is 0 Å². The second kappa shape index (κ2) is 9.80. The van der Waals surface area contributed by atoms with Crippen LogP contribution in [0.3, 0.4) is 0 Å². The van der Waals surface area contributed by atoms with Crippen LogP contribution < -0.4 is 0 Å². The summed E-state index contributed by atoms with van der Waals surface area (Å²) in [5.74, 6) is 2.14. The number of carbonyl (C=O) groups is 2. The fourth-order valence-corrected chi connectivity index (χ4v) is 6.23. The van der Waals surface area contributed by atoms with Crippen LogP contribution in [0.25, 0.3) is 0 Å². The van der Waals surface area contributed by atoms with Crippen LogP contribution in [0.2, 0.25) is 0 Å². The van der Waals surface area contributed by atoms with Gasteiger partial charge < -0.3 is 14.2 Å². The summed E-state index contributed by atoms with van der Waals surface area (Å²) in [6, 6.07) is -0.0324. The van der Waals surface area contributed by atoms with E-state index in [0.29, 0.717) is 24.2 Å². The van der Waals surface area contributed by atoms with Crippen molar-refractivity contribution in [3.05, 3.63) is 23.9 Å². The highest BCUT2D eigenvalue weighted by Gasteiger charge is 2.49. The van der Waals surface area contributed by atoms with E-state index < -0.39 is 0 Å². The van der Waals surface area contributed by atoms with Crippen LogP contribution in [0.15, 0.2) is 16.6 Å². The third-order valence-corrected chi connectivity index (χ3v) is 8.38. The molecular weight excluding hydrogens is 430 g/mol. The molecule has 1 aliphatic carbocycles. The monoisotopic (exact) mass is 469 g/mol. The van der Waals surface area contributed by atoms with E-state index >= 15 is 0 Å². The second-order valence-electron chi connectivity index (χ2n) is 11.2. The molecule has 1 unspecified atom stereocenters. The highest BCUT2D eigenvalue weighted by molar-refractivity contribution is 5.80. The lowest BCUT2D eigenvalue weighted by atomic mass is 9.76. The summed E-state index contributed by atoms with van der Waals surface area (Å²) in [7, 11) is 0. The molecule has 3 saturated heterocycles. The minimum atomic E-state index is -0.0324. The zero-order valence-corrected chi connectivity index (χ0v) is 20.7. The van der Waals surface area contributed by atoms with Crippen LogP contribution in [-0.2, 0) is 9.59 Å². The fraction of sp³-hybridized carbons (Fsp3) is 0.769. The van der Waals surface area contributed by atoms with E-state index in [2.05, 4.69) is 46.0 Å². The maximum Gasteiger partial charge on any atom is 0.236 e. The molecule has 186 valence electrons. The van der Waals surface area contributed by atoms with Crippen molar-refractivity contribution >= 4 is 11.8 Å². The normalized spacial score (nSPS) is 25.7. The number of piperidine rings is 2. The van der Waals surface area contributed by atoms with Crippen molar-refractivity contribution in [2.45, 2.75) is 77.2 Å². The van der Waals surface area contributed by atoms with Crippen molar-refractivity contribution in [2.75, 3.05) is 39.3 Å². The highest BCUT2D eigenvalue weighted by Crippen LogP contribution is 2.49. The quantitative estimate of drug-likeness (QED) is 0.614. The average Bonchev–Trinajstić information content (AvgIpc) is 3.61. The molecule has 5 rings (SSSR count). The molecule has 0 saturated carbocycles. The summed E-state index contributed by atoms with van der Waals surface area (Å²) in [5, 5.41) is 8.69. The molecule has 0 bridgehead atoms. The smallest absolute Gasteiger partial charge is 0.236 e. The third-order valence-electron chi connectivity index (χ3n) is 8.38. The van der Waals surface area contributed by atoms with Crippen LogP contribution >= 0.6 is 0 Å². The molecule has 1 aromatic rings. The van der Waals surface area contributed by atoms with E-state index in [1.165, 1.54) is 6.42 Å². The van der Waals surface area contributed by atoms with E-state index in [1.807, 2.05) is 4.90 Å². The molecule has 1 aromatic heterocycles. The molecule has 0 aromatic carbocycles. The summed E-state index contributed by atoms with van der Waals surface area (Å²) in [5.41, 5.74) is 0.0873. The van der Waals surface area contributed by atoms with Gasteiger partial charge in [0.15, 0.2) is 0 Å². The Hall–Kier alpha value is -2.22. The number of likely N-dealkylation sites (tertiary alicyclic amines) is 3. The van der Waals surface area contributed by atoms with Crippen LogP contribution in [0.4, 0.5) is 0 Å². The van der Waals surface area contributed by atoms with Gasteiger partial charge in [0, 0.05) is 44.6 Å². The van der Waals surface area contributed by atoms with Crippen LogP contribution in [0.1, 0.15) is 89.0 Å². The van der Waals surface area contributed by atoms with Crippen molar-refractivity contribution in [1.82, 2.24) is 24.9 Å². The first-order chi connectivity index (χ1) is 16.4. The number of carbonyl (C=O) groups excluding carboxylic acids is 2. The van der Waals surface area contributed by atoms with Gasteiger partial charge in [0.25, 0.3) is 0 Å². The predicted octanol–water partition coefficient (Wildman–Crippen LogP) is 3.53. The lowest BCUT2D eigenvalue weighted by Gasteiger charge is -2.40. The van der Waals surface area contributed by atoms with Crippen molar-refractivity contribution in [3.63, 3.8) is 0 Å². The van der Waals surface area contributed by atoms with Gasteiger partial charge in [-0.25, -0.2) is 0 Å². The number of amides is 2. The van der Waals surface area contributed by atoms with E-state index in [1.54, 1.807) is 0 Å². The standard InChI is InChI=1S/C26H39N5O3/c1-19(2)23-27-28-24(34-23)21-16-26(18-31(21)17-22(32)29-12-6-3-7-13-29)10-14-30(15-11-26)25(33)20-8-4-5-9-20/h4-5,19-21H,3,6-18H2,1-2H3. The Labute approximate surface area is 202 Å². The van der Waals surface area contributed by atoms with Crippen molar-refractivity contribution in [2.24, 2.45) is 11.3 Å². The van der Waals surface area contributed by atoms with Gasteiger partial charge in [0.2, 0.25) is 23.6 Å². The first-order valence-corrected chi connectivity index (χ1v) is 13.2. The minimum absolute atomic E-state index is 0.0324. The molecule has 3 aliphatic heterocycles. The number of allylic oxidation sites excluding steroid dienone is 2. The van der Waals surface area contributed by atoms with Crippen LogP contribution in [-0.4, -0.2) is 76.0 Å². The van der Waals surface area contributed by atoms with E-state index in [4.69, 9.17) is 4.42 Å². The average molecular weight is 470 g/mol. The molecule has 2 amide bonds. The van der Waals surface area contributed by atoms with Gasteiger partial charge in [-0.15, -0.1) is 10.2 Å². The van der Waals surface area contributed by atoms with Crippen molar-refractivity contribution < 1.29 is 14.0 Å². The summed E-state index contributed by atoms with van der Waals surface area (Å²) < 4.78 is 6.09. The fourth-order valence-electron chi connectivity index (χ4n) is 6.23. The number of nitrogens with zero attached hydrogens (tertiary/aromatic N) is 5. The molecule has 1 atom stereocenters. The van der Waals surface area contributed by atoms with Gasteiger partial charge in [0.05, 0.1) is 12.6 Å². The van der Waals surface area contributed by atoms with Crippen molar-refractivity contribution in [3.8, 4) is 0 Å². The second-order valence-corrected chi connectivity index (χ2v) is 11.2. The van der Waals surface area contributed by atoms with Crippen LogP contribution in [0, 0.1) is 11.3 Å². The Bertz CT molecular complexity index is 903. The zero-order chi connectivity index (χ0) is 23.7. The number of aromatic nitrogens is 2. The predicted molar refractivity (Wildman–Crippen MR) is 128 cm³/mol. The SMILES string of the molecule is CC(C)c1nnc(C2CC3(CCN(C(=O)C4CC=CC4)CC3)CN2CC(=O)N2CCCCC2)o1. The molecule has 0 radical (unpaired) electrons. The Morgan fingerprint density at radius 2 is 1.74 bits per heavy atom. The van der Waals surface area contributed by atoms with Gasteiger partial charge >= 0.3 is 0 Å². The maximum absolute atomic E-state index is 13.2. The van der Waals surface area contributed by atoms with Crippen LogP contribution in [0.5, 0.6) is 0 Å². The van der Waals surface area contributed by atoms with Gasteiger partial charge in [-0.05, 0) is 56.8 Å². The largest absolute Gasteiger partial charge is 0.423 e. The molecule has 34 heavy (non-hydrogen) atoms. The topological polar surface area (TPSA) is 82.8 Å². The third kappa shape index (κ3) is 4.79. The van der Waals surface area contributed by atoms with Gasteiger partial charge in [-0.3, -0.25) is 14.5 Å². The highest BCUT2D eigenvalue weighted by atomic mass is 16.4. The molecule has 8 heteroatoms. The Morgan fingerprint density at radius 1 is 1.03 bits per heavy atom. The molecule has 0 N–H and O–H groups in total. The van der Waals surface area contributed by atoms with Gasteiger partial charge in [-0.1, -0.05) is 26.0 Å². The Kier molecular flexibility index (Phi) is 6.78. The molecule has 4 heterocycles. The lowest BCUT2D eigenvalue weighted by molar-refractivity contribution is -0.137. The van der Waals surface area contributed by atoms with E-state index in [0.717, 1.165) is 77.7 Å². The Balaban J connectivity index is 1.29. The number of rotatable bonds is 5. The molecule has 8 nitrogen and oxygen atoms in total. The first kappa shape index (κ1) is 23.5. The summed E-state index contributed by atoms with van der Waals surface area (Å²) in [6.45, 7) is 8.70. The number of hydrogen-bond acceptors (Lipinski definition) is 6. The zero-order valence-electron chi connectivity index (χ0n) is 20.7. The van der Waals surface area contributed by atoms with Gasteiger partial charge in [0.1, 0.15) is 0 Å². The molecule has 4 aliphatic rings. The molecular formula is C26H39N5O3. The number of hydrogen-bond donors (Lipinski definition) is 0. The molecule has 1 spiro atoms. The van der Waals surface area contributed by atoms with E-state index in [9.17, 15) is 9.59 Å². The lowest BCUT2D eigenvalue weighted by Crippen LogP contribution is -2.47.